The summed E-state index contributed by atoms with van der Waals surface area (Å²) in [7, 11) is 1.50. The molecule has 0 aliphatic carbocycles. The highest BCUT2D eigenvalue weighted by atomic mass is 16.5. The highest BCUT2D eigenvalue weighted by molar-refractivity contribution is 5.94. The highest BCUT2D eigenvalue weighted by Crippen LogP contribution is 2.21. The number of piperidine rings is 1. The van der Waals surface area contributed by atoms with Gasteiger partial charge in [0, 0.05) is 32.3 Å². The first-order valence-corrected chi connectivity index (χ1v) is 8.36. The fourth-order valence-electron chi connectivity index (χ4n) is 3.02. The van der Waals surface area contributed by atoms with Gasteiger partial charge in [-0.05, 0) is 25.0 Å². The molecule has 1 aromatic rings. The lowest BCUT2D eigenvalue weighted by molar-refractivity contribution is -0.147. The zero-order valence-corrected chi connectivity index (χ0v) is 14.4. The van der Waals surface area contributed by atoms with Crippen molar-refractivity contribution in [3.63, 3.8) is 0 Å². The van der Waals surface area contributed by atoms with Crippen LogP contribution in [0.5, 0.6) is 0 Å². The van der Waals surface area contributed by atoms with E-state index in [1.165, 1.54) is 12.0 Å². The minimum atomic E-state index is -1.06. The van der Waals surface area contributed by atoms with Crippen LogP contribution in [0.1, 0.15) is 23.2 Å². The first-order chi connectivity index (χ1) is 12.0. The number of rotatable bonds is 7. The molecule has 136 valence electrons. The van der Waals surface area contributed by atoms with Gasteiger partial charge in [-0.1, -0.05) is 18.2 Å². The Balaban J connectivity index is 2.04. The van der Waals surface area contributed by atoms with Crippen LogP contribution in [0.2, 0.25) is 0 Å². The fraction of sp³-hybridized carbons (Fsp3) is 0.500. The largest absolute Gasteiger partial charge is 0.480 e. The van der Waals surface area contributed by atoms with Crippen LogP contribution in [-0.4, -0.2) is 72.6 Å². The van der Waals surface area contributed by atoms with Crippen molar-refractivity contribution < 1.29 is 24.2 Å². The molecule has 1 heterocycles. The Labute approximate surface area is 147 Å². The van der Waals surface area contributed by atoms with E-state index in [-0.39, 0.29) is 37.4 Å². The number of carbonyl (C=O) groups excluding carboxylic acids is 2. The summed E-state index contributed by atoms with van der Waals surface area (Å²) in [4.78, 5) is 39.3. The predicted molar refractivity (Wildman–Crippen MR) is 91.2 cm³/mol. The Kier molecular flexibility index (Phi) is 6.94. The van der Waals surface area contributed by atoms with Crippen LogP contribution in [0.4, 0.5) is 0 Å². The smallest absolute Gasteiger partial charge is 0.323 e. The highest BCUT2D eigenvalue weighted by Gasteiger charge is 2.32. The van der Waals surface area contributed by atoms with Gasteiger partial charge in [0.05, 0.1) is 12.5 Å². The van der Waals surface area contributed by atoms with E-state index in [1.54, 1.807) is 29.2 Å². The van der Waals surface area contributed by atoms with Crippen molar-refractivity contribution >= 4 is 17.8 Å². The lowest BCUT2D eigenvalue weighted by Gasteiger charge is -2.34. The number of methoxy groups -OCH3 is 1. The first kappa shape index (κ1) is 18.9. The van der Waals surface area contributed by atoms with Gasteiger partial charge in [0.1, 0.15) is 6.54 Å². The molecular weight excluding hydrogens is 324 g/mol. The summed E-state index contributed by atoms with van der Waals surface area (Å²) in [6, 6.07) is 8.96. The number of hydrogen-bond acceptors (Lipinski definition) is 4. The van der Waals surface area contributed by atoms with Gasteiger partial charge in [-0.25, -0.2) is 0 Å². The topological polar surface area (TPSA) is 87.2 Å². The van der Waals surface area contributed by atoms with E-state index < -0.39 is 5.97 Å². The second-order valence-electron chi connectivity index (χ2n) is 6.10. The Morgan fingerprint density at radius 2 is 2.00 bits per heavy atom. The van der Waals surface area contributed by atoms with Crippen LogP contribution >= 0.6 is 0 Å². The molecule has 1 aliphatic heterocycles. The van der Waals surface area contributed by atoms with Gasteiger partial charge in [-0.3, -0.25) is 14.4 Å². The molecule has 2 rings (SSSR count). The summed E-state index contributed by atoms with van der Waals surface area (Å²) in [5.41, 5.74) is 0.595. The van der Waals surface area contributed by atoms with Crippen LogP contribution in [0, 0.1) is 5.92 Å². The average molecular weight is 348 g/mol. The van der Waals surface area contributed by atoms with Gasteiger partial charge in [0.2, 0.25) is 5.91 Å². The van der Waals surface area contributed by atoms with E-state index in [0.29, 0.717) is 25.1 Å². The summed E-state index contributed by atoms with van der Waals surface area (Å²) in [6.45, 7) is 1.07. The van der Waals surface area contributed by atoms with Gasteiger partial charge < -0.3 is 19.6 Å². The van der Waals surface area contributed by atoms with Crippen LogP contribution in [0.25, 0.3) is 0 Å². The monoisotopic (exact) mass is 348 g/mol. The van der Waals surface area contributed by atoms with Crippen molar-refractivity contribution in [2.24, 2.45) is 5.92 Å². The van der Waals surface area contributed by atoms with Crippen molar-refractivity contribution in [1.82, 2.24) is 9.80 Å². The van der Waals surface area contributed by atoms with Crippen molar-refractivity contribution in [2.45, 2.75) is 12.8 Å². The number of likely N-dealkylation sites (tertiary alicyclic amines) is 1. The summed E-state index contributed by atoms with van der Waals surface area (Å²) >= 11 is 0. The number of aliphatic carboxylic acids is 1. The first-order valence-electron chi connectivity index (χ1n) is 8.36. The fourth-order valence-corrected chi connectivity index (χ4v) is 3.02. The molecule has 0 aromatic heterocycles. The molecule has 1 aromatic carbocycles. The van der Waals surface area contributed by atoms with E-state index in [0.717, 1.165) is 6.42 Å². The van der Waals surface area contributed by atoms with Gasteiger partial charge >= 0.3 is 5.97 Å². The molecule has 1 aliphatic rings. The molecule has 7 heteroatoms. The molecule has 25 heavy (non-hydrogen) atoms. The predicted octanol–water partition coefficient (Wildman–Crippen LogP) is 1.10. The molecular formula is C18H24N2O5. The van der Waals surface area contributed by atoms with Crippen LogP contribution in [0.15, 0.2) is 30.3 Å². The van der Waals surface area contributed by atoms with Gasteiger partial charge in [0.25, 0.3) is 5.91 Å². The molecule has 0 bridgehead atoms. The molecule has 1 unspecified atom stereocenters. The molecule has 2 amide bonds. The third-order valence-electron chi connectivity index (χ3n) is 4.28. The minimum absolute atomic E-state index is 0.0974. The number of carbonyl (C=O) groups is 3. The third kappa shape index (κ3) is 5.29. The SMILES string of the molecule is COCCN(CC(=O)O)C(=O)C1CCCN(C(=O)c2ccccc2)C1. The Hall–Kier alpha value is -2.41. The maximum Gasteiger partial charge on any atom is 0.323 e. The lowest BCUT2D eigenvalue weighted by Crippen LogP contribution is -2.48. The summed E-state index contributed by atoms with van der Waals surface area (Å²) < 4.78 is 4.96. The normalized spacial score (nSPS) is 17.2. The Bertz CT molecular complexity index is 605. The summed E-state index contributed by atoms with van der Waals surface area (Å²) in [5.74, 6) is -1.76. The zero-order chi connectivity index (χ0) is 18.2. The maximum absolute atomic E-state index is 12.7. The van der Waals surface area contributed by atoms with E-state index >= 15 is 0 Å². The Morgan fingerprint density at radius 3 is 2.64 bits per heavy atom. The van der Waals surface area contributed by atoms with E-state index in [2.05, 4.69) is 0 Å². The summed E-state index contributed by atoms with van der Waals surface area (Å²) in [6.07, 6.45) is 1.38. The average Bonchev–Trinajstić information content (AvgIpc) is 2.64. The maximum atomic E-state index is 12.7. The zero-order valence-electron chi connectivity index (χ0n) is 14.4. The Morgan fingerprint density at radius 1 is 1.28 bits per heavy atom. The number of nitrogens with zero attached hydrogens (tertiary/aromatic N) is 2. The van der Waals surface area contributed by atoms with Crippen molar-refractivity contribution in [3.05, 3.63) is 35.9 Å². The lowest BCUT2D eigenvalue weighted by atomic mass is 9.95. The number of benzene rings is 1. The molecule has 0 radical (unpaired) electrons. The van der Waals surface area contributed by atoms with Crippen molar-refractivity contribution in [1.29, 1.82) is 0 Å². The minimum Gasteiger partial charge on any atom is -0.480 e. The molecule has 0 saturated carbocycles. The van der Waals surface area contributed by atoms with E-state index in [9.17, 15) is 14.4 Å². The number of carboxylic acids is 1. The molecule has 7 nitrogen and oxygen atoms in total. The molecule has 1 fully saturated rings. The van der Waals surface area contributed by atoms with Gasteiger partial charge in [-0.2, -0.15) is 0 Å². The second-order valence-corrected chi connectivity index (χ2v) is 6.10. The van der Waals surface area contributed by atoms with Crippen molar-refractivity contribution in [2.75, 3.05) is 39.9 Å². The summed E-state index contributed by atoms with van der Waals surface area (Å²) in [5, 5.41) is 9.02. The molecule has 1 saturated heterocycles. The standard InChI is InChI=1S/C18H24N2O5/c1-25-11-10-20(13-16(21)22)18(24)15-8-5-9-19(12-15)17(23)14-6-3-2-4-7-14/h2-4,6-7,15H,5,8-13H2,1H3,(H,21,22). The molecule has 1 atom stereocenters. The second kappa shape index (κ2) is 9.17. The van der Waals surface area contributed by atoms with E-state index in [4.69, 9.17) is 9.84 Å². The van der Waals surface area contributed by atoms with Crippen molar-refractivity contribution in [3.8, 4) is 0 Å². The molecule has 1 N–H and O–H groups in total. The van der Waals surface area contributed by atoms with E-state index in [1.807, 2.05) is 6.07 Å². The number of hydrogen-bond donors (Lipinski definition) is 1. The van der Waals surface area contributed by atoms with Gasteiger partial charge in [-0.15, -0.1) is 0 Å². The number of ether oxygens (including phenoxy) is 1. The van der Waals surface area contributed by atoms with Crippen LogP contribution in [0.3, 0.4) is 0 Å². The third-order valence-corrected chi connectivity index (χ3v) is 4.28. The quantitative estimate of drug-likeness (QED) is 0.797. The number of amides is 2. The number of carboxylic acid groups (broad SMARTS) is 1. The van der Waals surface area contributed by atoms with Crippen LogP contribution in [-0.2, 0) is 14.3 Å². The van der Waals surface area contributed by atoms with Crippen LogP contribution < -0.4 is 0 Å². The molecule has 0 spiro atoms. The van der Waals surface area contributed by atoms with Gasteiger partial charge in [0.15, 0.2) is 0 Å².